The van der Waals surface area contributed by atoms with Crippen LogP contribution < -0.4 is 20.8 Å². The van der Waals surface area contributed by atoms with Crippen molar-refractivity contribution >= 4 is 40.4 Å². The highest BCUT2D eigenvalue weighted by atomic mass is 16.5. The third kappa shape index (κ3) is 3.83. The number of amides is 3. The lowest BCUT2D eigenvalue weighted by Crippen LogP contribution is -2.37. The first-order chi connectivity index (χ1) is 14.5. The molecule has 3 aromatic rings. The molecule has 4 rings (SSSR count). The van der Waals surface area contributed by atoms with Crippen LogP contribution in [0.4, 0.5) is 5.69 Å². The summed E-state index contributed by atoms with van der Waals surface area (Å²) in [5.74, 6) is -0.672. The number of primary amides is 1. The number of nitrogens with zero attached hydrogens (tertiary/aromatic N) is 2. The van der Waals surface area contributed by atoms with E-state index in [1.54, 1.807) is 30.3 Å². The molecule has 8 nitrogen and oxygen atoms in total. The van der Waals surface area contributed by atoms with Gasteiger partial charge >= 0.3 is 0 Å². The van der Waals surface area contributed by atoms with E-state index in [-0.39, 0.29) is 19.1 Å². The number of hydrogen-bond acceptors (Lipinski definition) is 5. The minimum atomic E-state index is -0.556. The van der Waals surface area contributed by atoms with Crippen LogP contribution >= 0.6 is 0 Å². The molecule has 0 spiro atoms. The van der Waals surface area contributed by atoms with Crippen LogP contribution in [0.3, 0.4) is 0 Å². The van der Waals surface area contributed by atoms with Gasteiger partial charge in [-0.05, 0) is 47.3 Å². The molecule has 0 fully saturated rings. The van der Waals surface area contributed by atoms with Gasteiger partial charge in [-0.15, -0.1) is 0 Å². The Morgan fingerprint density at radius 1 is 1.07 bits per heavy atom. The number of ether oxygens (including phenoxy) is 1. The van der Waals surface area contributed by atoms with E-state index in [0.29, 0.717) is 11.3 Å². The molecule has 0 radical (unpaired) electrons. The predicted molar refractivity (Wildman–Crippen MR) is 112 cm³/mol. The van der Waals surface area contributed by atoms with Gasteiger partial charge in [0.25, 0.3) is 17.7 Å². The summed E-state index contributed by atoms with van der Waals surface area (Å²) in [6.45, 7) is -0.333. The van der Waals surface area contributed by atoms with Crippen LogP contribution in [0.25, 0.3) is 10.8 Å². The van der Waals surface area contributed by atoms with Crippen LogP contribution in [0.5, 0.6) is 5.75 Å². The summed E-state index contributed by atoms with van der Waals surface area (Å²) in [6, 6.07) is 17.9. The summed E-state index contributed by atoms with van der Waals surface area (Å²) in [5.41, 5.74) is 9.50. The fourth-order valence-corrected chi connectivity index (χ4v) is 3.30. The maximum absolute atomic E-state index is 12.7. The Morgan fingerprint density at radius 2 is 1.80 bits per heavy atom. The quantitative estimate of drug-likeness (QED) is 0.463. The molecular formula is C22H18N4O4. The first kappa shape index (κ1) is 19.1. The number of hydrazone groups is 1. The number of hydrogen-bond donors (Lipinski definition) is 2. The molecular weight excluding hydrogens is 384 g/mol. The van der Waals surface area contributed by atoms with E-state index in [0.717, 1.165) is 22.0 Å². The molecule has 0 aliphatic carbocycles. The maximum atomic E-state index is 12.7. The standard InChI is InChI=1S/C22H18N4O4/c23-19(27)13-30-16-9-7-14(8-10-16)11-24-25-20(28)12-26-18-6-2-4-15-3-1-5-17(21(15)18)22(26)29/h1-11H,12-13H2,(H2,23,27)(H,25,28)/b24-11-. The minimum absolute atomic E-state index is 0.135. The molecule has 0 unspecified atom stereocenters. The van der Waals surface area contributed by atoms with E-state index in [4.69, 9.17) is 10.5 Å². The van der Waals surface area contributed by atoms with Gasteiger partial charge in [-0.25, -0.2) is 5.43 Å². The normalized spacial score (nSPS) is 12.5. The van der Waals surface area contributed by atoms with Gasteiger partial charge in [-0.1, -0.05) is 24.3 Å². The van der Waals surface area contributed by atoms with Crippen molar-refractivity contribution in [1.29, 1.82) is 0 Å². The van der Waals surface area contributed by atoms with Crippen LogP contribution in [0.15, 0.2) is 65.8 Å². The predicted octanol–water partition coefficient (Wildman–Crippen LogP) is 1.81. The minimum Gasteiger partial charge on any atom is -0.484 e. The van der Waals surface area contributed by atoms with Crippen LogP contribution in [-0.2, 0) is 9.59 Å². The number of carbonyl (C=O) groups is 3. The second-order valence-electron chi connectivity index (χ2n) is 6.69. The number of anilines is 1. The molecule has 1 heterocycles. The Morgan fingerprint density at radius 3 is 2.53 bits per heavy atom. The highest BCUT2D eigenvalue weighted by molar-refractivity contribution is 6.26. The molecule has 0 saturated heterocycles. The van der Waals surface area contributed by atoms with Crippen LogP contribution in [0.1, 0.15) is 15.9 Å². The first-order valence-electron chi connectivity index (χ1n) is 9.19. The maximum Gasteiger partial charge on any atom is 0.260 e. The number of benzene rings is 3. The molecule has 3 aromatic carbocycles. The van der Waals surface area contributed by atoms with E-state index < -0.39 is 11.8 Å². The van der Waals surface area contributed by atoms with Crippen molar-refractivity contribution in [1.82, 2.24) is 5.43 Å². The molecule has 0 aromatic heterocycles. The fourth-order valence-electron chi connectivity index (χ4n) is 3.30. The van der Waals surface area contributed by atoms with Crippen molar-refractivity contribution in [3.8, 4) is 5.75 Å². The third-order valence-electron chi connectivity index (χ3n) is 4.61. The van der Waals surface area contributed by atoms with Gasteiger partial charge in [-0.2, -0.15) is 5.10 Å². The monoisotopic (exact) mass is 402 g/mol. The van der Waals surface area contributed by atoms with E-state index in [1.165, 1.54) is 11.1 Å². The molecule has 30 heavy (non-hydrogen) atoms. The average Bonchev–Trinajstić information content (AvgIpc) is 3.01. The number of nitrogens with two attached hydrogens (primary N) is 1. The van der Waals surface area contributed by atoms with E-state index in [2.05, 4.69) is 10.5 Å². The topological polar surface area (TPSA) is 114 Å². The highest BCUT2D eigenvalue weighted by Crippen LogP contribution is 2.36. The van der Waals surface area contributed by atoms with Crippen LogP contribution in [0, 0.1) is 0 Å². The summed E-state index contributed by atoms with van der Waals surface area (Å²) in [6.07, 6.45) is 1.47. The van der Waals surface area contributed by atoms with Gasteiger partial charge in [0.15, 0.2) is 6.61 Å². The summed E-state index contributed by atoms with van der Waals surface area (Å²) < 4.78 is 5.17. The van der Waals surface area contributed by atoms with Gasteiger partial charge in [0.1, 0.15) is 12.3 Å². The molecule has 1 aliphatic heterocycles. The van der Waals surface area contributed by atoms with Crippen molar-refractivity contribution in [3.05, 3.63) is 71.8 Å². The number of rotatable bonds is 7. The molecule has 150 valence electrons. The van der Waals surface area contributed by atoms with Crippen LogP contribution in [-0.4, -0.2) is 37.1 Å². The summed E-state index contributed by atoms with van der Waals surface area (Å²) >= 11 is 0. The smallest absolute Gasteiger partial charge is 0.260 e. The summed E-state index contributed by atoms with van der Waals surface area (Å²) in [4.78, 5) is 37.2. The molecule has 3 N–H and O–H groups in total. The van der Waals surface area contributed by atoms with Gasteiger partial charge in [0.2, 0.25) is 0 Å². The molecule has 8 heteroatoms. The Labute approximate surface area is 171 Å². The SMILES string of the molecule is NC(=O)COc1ccc(/C=N\NC(=O)CN2C(=O)c3cccc4cccc2c34)cc1. The molecule has 0 saturated carbocycles. The van der Waals surface area contributed by atoms with Gasteiger partial charge in [-0.3, -0.25) is 19.3 Å². The van der Waals surface area contributed by atoms with Gasteiger partial charge in [0.05, 0.1) is 11.9 Å². The lowest BCUT2D eigenvalue weighted by atomic mass is 10.1. The Hall–Kier alpha value is -4.20. The van der Waals surface area contributed by atoms with Crippen molar-refractivity contribution in [2.75, 3.05) is 18.1 Å². The molecule has 0 bridgehead atoms. The zero-order valence-corrected chi connectivity index (χ0v) is 15.9. The summed E-state index contributed by atoms with van der Waals surface area (Å²) in [5, 5.41) is 5.75. The lowest BCUT2D eigenvalue weighted by molar-refractivity contribution is -0.120. The fraction of sp³-hybridized carbons (Fsp3) is 0.0909. The second kappa shape index (κ2) is 8.04. The molecule has 3 amide bonds. The Kier molecular flexibility index (Phi) is 5.13. The molecule has 1 aliphatic rings. The zero-order valence-electron chi connectivity index (χ0n) is 15.9. The van der Waals surface area contributed by atoms with Crippen molar-refractivity contribution in [2.24, 2.45) is 10.8 Å². The van der Waals surface area contributed by atoms with Crippen molar-refractivity contribution < 1.29 is 19.1 Å². The number of carbonyl (C=O) groups excluding carboxylic acids is 3. The second-order valence-corrected chi connectivity index (χ2v) is 6.69. The third-order valence-corrected chi connectivity index (χ3v) is 4.61. The Balaban J connectivity index is 1.37. The largest absolute Gasteiger partial charge is 0.484 e. The van der Waals surface area contributed by atoms with E-state index in [1.807, 2.05) is 30.3 Å². The highest BCUT2D eigenvalue weighted by Gasteiger charge is 2.30. The number of nitrogens with one attached hydrogen (secondary N) is 1. The van der Waals surface area contributed by atoms with E-state index >= 15 is 0 Å². The van der Waals surface area contributed by atoms with E-state index in [9.17, 15) is 14.4 Å². The zero-order chi connectivity index (χ0) is 21.1. The molecule has 0 atom stereocenters. The van der Waals surface area contributed by atoms with Gasteiger partial charge < -0.3 is 10.5 Å². The lowest BCUT2D eigenvalue weighted by Gasteiger charge is -2.16. The van der Waals surface area contributed by atoms with Crippen LogP contribution in [0.2, 0.25) is 0 Å². The summed E-state index contributed by atoms with van der Waals surface area (Å²) in [7, 11) is 0. The Bertz CT molecular complexity index is 1170. The van der Waals surface area contributed by atoms with Crippen molar-refractivity contribution in [2.45, 2.75) is 0 Å². The first-order valence-corrected chi connectivity index (χ1v) is 9.19. The van der Waals surface area contributed by atoms with Gasteiger partial charge in [0, 0.05) is 10.9 Å². The van der Waals surface area contributed by atoms with Crippen molar-refractivity contribution in [3.63, 3.8) is 0 Å². The average molecular weight is 402 g/mol.